The number of benzene rings is 1. The molecule has 1 saturated carbocycles. The van der Waals surface area contributed by atoms with Crippen LogP contribution in [-0.2, 0) is 5.88 Å². The van der Waals surface area contributed by atoms with Crippen LogP contribution in [0.1, 0.15) is 38.2 Å². The molecule has 2 rings (SSSR count). The van der Waals surface area contributed by atoms with Gasteiger partial charge in [0.2, 0.25) is 0 Å². The van der Waals surface area contributed by atoms with Crippen molar-refractivity contribution in [2.75, 3.05) is 0 Å². The van der Waals surface area contributed by atoms with Gasteiger partial charge in [0.1, 0.15) is 11.6 Å². The summed E-state index contributed by atoms with van der Waals surface area (Å²) in [5.41, 5.74) is 0.741. The van der Waals surface area contributed by atoms with Gasteiger partial charge in [0.25, 0.3) is 0 Å². The number of hydrogen-bond acceptors (Lipinski definition) is 1. The van der Waals surface area contributed by atoms with Crippen molar-refractivity contribution in [1.82, 2.24) is 0 Å². The molecule has 1 aliphatic rings. The summed E-state index contributed by atoms with van der Waals surface area (Å²) in [6, 6.07) is 4.57. The van der Waals surface area contributed by atoms with Crippen LogP contribution in [0, 0.1) is 11.7 Å². The van der Waals surface area contributed by atoms with E-state index in [2.05, 4.69) is 6.92 Å². The monoisotopic (exact) mass is 256 g/mol. The summed E-state index contributed by atoms with van der Waals surface area (Å²) in [6.45, 7) is 2.25. The first-order chi connectivity index (χ1) is 8.19. The number of halogens is 2. The van der Waals surface area contributed by atoms with E-state index in [4.69, 9.17) is 16.3 Å². The van der Waals surface area contributed by atoms with Gasteiger partial charge in [-0.2, -0.15) is 0 Å². The molecule has 1 fully saturated rings. The molecule has 1 aromatic carbocycles. The van der Waals surface area contributed by atoms with Gasteiger partial charge in [0, 0.05) is 5.56 Å². The third-order valence-electron chi connectivity index (χ3n) is 3.35. The molecule has 0 aromatic heterocycles. The van der Waals surface area contributed by atoms with Crippen LogP contribution in [0.4, 0.5) is 4.39 Å². The van der Waals surface area contributed by atoms with Gasteiger partial charge in [-0.1, -0.05) is 13.3 Å². The van der Waals surface area contributed by atoms with Crippen molar-refractivity contribution in [3.8, 4) is 5.75 Å². The Kier molecular flexibility index (Phi) is 4.27. The molecule has 1 aliphatic carbocycles. The zero-order chi connectivity index (χ0) is 12.3. The standard InChI is InChI=1S/C14H18ClFO/c1-10-3-2-4-13(7-10)17-14-6-5-12(16)8-11(14)9-15/h5-6,8,10,13H,2-4,7,9H2,1H3. The van der Waals surface area contributed by atoms with Crippen molar-refractivity contribution >= 4 is 11.6 Å². The zero-order valence-corrected chi connectivity index (χ0v) is 10.8. The normalized spacial score (nSPS) is 24.6. The Morgan fingerprint density at radius 1 is 1.41 bits per heavy atom. The minimum Gasteiger partial charge on any atom is -0.490 e. The van der Waals surface area contributed by atoms with Crippen LogP contribution in [0.5, 0.6) is 5.75 Å². The Morgan fingerprint density at radius 3 is 2.94 bits per heavy atom. The van der Waals surface area contributed by atoms with E-state index in [0.717, 1.165) is 24.2 Å². The highest BCUT2D eigenvalue weighted by molar-refractivity contribution is 6.17. The fraction of sp³-hybridized carbons (Fsp3) is 0.571. The Labute approximate surface area is 107 Å². The molecule has 0 N–H and O–H groups in total. The average Bonchev–Trinajstić information content (AvgIpc) is 2.31. The van der Waals surface area contributed by atoms with Crippen molar-refractivity contribution in [3.05, 3.63) is 29.6 Å². The molecule has 0 amide bonds. The van der Waals surface area contributed by atoms with Crippen LogP contribution < -0.4 is 4.74 Å². The lowest BCUT2D eigenvalue weighted by Gasteiger charge is -2.28. The van der Waals surface area contributed by atoms with Crippen LogP contribution in [0.15, 0.2) is 18.2 Å². The Morgan fingerprint density at radius 2 is 2.24 bits per heavy atom. The maximum Gasteiger partial charge on any atom is 0.124 e. The largest absolute Gasteiger partial charge is 0.490 e. The average molecular weight is 257 g/mol. The molecular formula is C14H18ClFO. The fourth-order valence-corrected chi connectivity index (χ4v) is 2.64. The summed E-state index contributed by atoms with van der Waals surface area (Å²) < 4.78 is 19.0. The van der Waals surface area contributed by atoms with Gasteiger partial charge in [0.15, 0.2) is 0 Å². The van der Waals surface area contributed by atoms with Crippen molar-refractivity contribution in [2.45, 2.75) is 44.6 Å². The highest BCUT2D eigenvalue weighted by atomic mass is 35.5. The molecule has 0 saturated heterocycles. The Bertz CT molecular complexity index is 380. The number of rotatable bonds is 3. The number of alkyl halides is 1. The van der Waals surface area contributed by atoms with E-state index in [1.165, 1.54) is 25.0 Å². The summed E-state index contributed by atoms with van der Waals surface area (Å²) in [4.78, 5) is 0. The highest BCUT2D eigenvalue weighted by Gasteiger charge is 2.21. The lowest BCUT2D eigenvalue weighted by atomic mass is 9.88. The molecule has 1 nitrogen and oxygen atoms in total. The van der Waals surface area contributed by atoms with Crippen LogP contribution in [0.2, 0.25) is 0 Å². The van der Waals surface area contributed by atoms with E-state index in [0.29, 0.717) is 5.92 Å². The van der Waals surface area contributed by atoms with Crippen molar-refractivity contribution < 1.29 is 9.13 Å². The van der Waals surface area contributed by atoms with E-state index in [-0.39, 0.29) is 17.8 Å². The second-order valence-electron chi connectivity index (χ2n) is 4.90. The maximum absolute atomic E-state index is 13.1. The van der Waals surface area contributed by atoms with E-state index in [9.17, 15) is 4.39 Å². The van der Waals surface area contributed by atoms with Gasteiger partial charge in [0.05, 0.1) is 12.0 Å². The van der Waals surface area contributed by atoms with E-state index in [1.807, 2.05) is 0 Å². The first kappa shape index (κ1) is 12.7. The topological polar surface area (TPSA) is 9.23 Å². The third kappa shape index (κ3) is 3.35. The molecule has 2 unspecified atom stereocenters. The molecule has 0 aliphatic heterocycles. The van der Waals surface area contributed by atoms with Gasteiger partial charge in [-0.3, -0.25) is 0 Å². The lowest BCUT2D eigenvalue weighted by molar-refractivity contribution is 0.128. The van der Waals surface area contributed by atoms with Crippen molar-refractivity contribution in [3.63, 3.8) is 0 Å². The molecule has 0 radical (unpaired) electrons. The summed E-state index contributed by atoms with van der Waals surface area (Å²) in [6.07, 6.45) is 4.92. The summed E-state index contributed by atoms with van der Waals surface area (Å²) in [7, 11) is 0. The lowest BCUT2D eigenvalue weighted by Crippen LogP contribution is -2.24. The second kappa shape index (κ2) is 5.72. The first-order valence-electron chi connectivity index (χ1n) is 6.20. The van der Waals surface area contributed by atoms with Gasteiger partial charge in [-0.05, 0) is 43.4 Å². The van der Waals surface area contributed by atoms with Crippen LogP contribution in [-0.4, -0.2) is 6.10 Å². The first-order valence-corrected chi connectivity index (χ1v) is 6.73. The minimum absolute atomic E-state index is 0.256. The summed E-state index contributed by atoms with van der Waals surface area (Å²) >= 11 is 5.80. The predicted molar refractivity (Wildman–Crippen MR) is 68.0 cm³/mol. The molecule has 0 heterocycles. The fourth-order valence-electron chi connectivity index (χ4n) is 2.43. The van der Waals surface area contributed by atoms with Crippen LogP contribution in [0.25, 0.3) is 0 Å². The van der Waals surface area contributed by atoms with Gasteiger partial charge < -0.3 is 4.74 Å². The highest BCUT2D eigenvalue weighted by Crippen LogP contribution is 2.29. The smallest absolute Gasteiger partial charge is 0.124 e. The van der Waals surface area contributed by atoms with E-state index >= 15 is 0 Å². The van der Waals surface area contributed by atoms with Crippen LogP contribution in [0.3, 0.4) is 0 Å². The molecule has 94 valence electrons. The molecule has 1 aromatic rings. The number of ether oxygens (including phenoxy) is 1. The van der Waals surface area contributed by atoms with Crippen molar-refractivity contribution in [2.24, 2.45) is 5.92 Å². The second-order valence-corrected chi connectivity index (χ2v) is 5.16. The molecule has 2 atom stereocenters. The summed E-state index contributed by atoms with van der Waals surface area (Å²) in [5.74, 6) is 1.48. The van der Waals surface area contributed by atoms with Crippen molar-refractivity contribution in [1.29, 1.82) is 0 Å². The molecule has 3 heteroatoms. The van der Waals surface area contributed by atoms with Gasteiger partial charge in [-0.25, -0.2) is 4.39 Å². The van der Waals surface area contributed by atoms with Crippen LogP contribution >= 0.6 is 11.6 Å². The Hall–Kier alpha value is -0.760. The maximum atomic E-state index is 13.1. The molecule has 17 heavy (non-hydrogen) atoms. The number of hydrogen-bond donors (Lipinski definition) is 0. The molecule has 0 bridgehead atoms. The predicted octanol–water partition coefficient (Wildman–Crippen LogP) is 4.52. The Balaban J connectivity index is 2.07. The minimum atomic E-state index is -0.259. The SMILES string of the molecule is CC1CCCC(Oc2ccc(F)cc2CCl)C1. The zero-order valence-electron chi connectivity index (χ0n) is 10.1. The third-order valence-corrected chi connectivity index (χ3v) is 3.64. The quantitative estimate of drug-likeness (QED) is 0.723. The van der Waals surface area contributed by atoms with Gasteiger partial charge in [-0.15, -0.1) is 11.6 Å². The van der Waals surface area contributed by atoms with E-state index in [1.54, 1.807) is 6.07 Å². The molecular weight excluding hydrogens is 239 g/mol. The molecule has 0 spiro atoms. The van der Waals surface area contributed by atoms with E-state index < -0.39 is 0 Å². The summed E-state index contributed by atoms with van der Waals surface area (Å²) in [5, 5.41) is 0. The van der Waals surface area contributed by atoms with Gasteiger partial charge >= 0.3 is 0 Å².